The summed E-state index contributed by atoms with van der Waals surface area (Å²) in [4.78, 5) is 15.3. The quantitative estimate of drug-likeness (QED) is 0.313. The first kappa shape index (κ1) is 25.2. The van der Waals surface area contributed by atoms with Crippen LogP contribution in [-0.4, -0.2) is 64.6 Å². The highest BCUT2D eigenvalue weighted by Gasteiger charge is 2.28. The van der Waals surface area contributed by atoms with E-state index in [4.69, 9.17) is 9.47 Å². The van der Waals surface area contributed by atoms with Crippen LogP contribution in [0.1, 0.15) is 12.5 Å². The second-order valence-electron chi connectivity index (χ2n) is 7.97. The number of rotatable bonds is 10. The van der Waals surface area contributed by atoms with Gasteiger partial charge in [-0.2, -0.15) is 9.78 Å². The molecule has 10 heteroatoms. The Bertz CT molecular complexity index is 1160. The molecular weight excluding hydrogens is 471 g/mol. The second kappa shape index (κ2) is 12.2. The molecule has 4 rings (SSSR count). The molecule has 1 aromatic heterocycles. The van der Waals surface area contributed by atoms with E-state index in [1.807, 2.05) is 46.5 Å². The molecule has 8 nitrogen and oxygen atoms in total. The lowest BCUT2D eigenvalue weighted by Gasteiger charge is -2.36. The fourth-order valence-corrected chi connectivity index (χ4v) is 5.10. The number of piperazine rings is 1. The molecule has 1 fully saturated rings. The summed E-state index contributed by atoms with van der Waals surface area (Å²) in [6.45, 7) is 5.24. The Kier molecular flexibility index (Phi) is 8.75. The molecule has 2 aromatic carbocycles. The first-order valence-electron chi connectivity index (χ1n) is 11.6. The molecule has 0 aliphatic carbocycles. The minimum absolute atomic E-state index is 0.142. The van der Waals surface area contributed by atoms with Crippen molar-refractivity contribution in [3.8, 4) is 11.4 Å². The van der Waals surface area contributed by atoms with Crippen LogP contribution in [0.15, 0.2) is 65.6 Å². The third kappa shape index (κ3) is 6.40. The maximum absolute atomic E-state index is 13.8. The van der Waals surface area contributed by atoms with E-state index in [2.05, 4.69) is 5.10 Å². The Morgan fingerprint density at radius 3 is 2.54 bits per heavy atom. The highest BCUT2D eigenvalue weighted by atomic mass is 32.2. The SMILES string of the molecule is CCOCCOc1c(N2CCN([S+]([O-])Cc3ccccc3)CC2)cnn(-c2cccc(F)c2)c1=O. The summed E-state index contributed by atoms with van der Waals surface area (Å²) in [5, 5.41) is 4.29. The van der Waals surface area contributed by atoms with Crippen molar-refractivity contribution in [2.24, 2.45) is 0 Å². The van der Waals surface area contributed by atoms with Crippen molar-refractivity contribution in [1.82, 2.24) is 14.1 Å². The number of ether oxygens (including phenoxy) is 2. The molecule has 0 spiro atoms. The predicted molar refractivity (Wildman–Crippen MR) is 134 cm³/mol. The summed E-state index contributed by atoms with van der Waals surface area (Å²) in [6.07, 6.45) is 1.57. The lowest BCUT2D eigenvalue weighted by molar-refractivity contribution is 0.109. The van der Waals surface area contributed by atoms with E-state index in [0.717, 1.165) is 10.2 Å². The molecule has 0 amide bonds. The fourth-order valence-electron chi connectivity index (χ4n) is 3.87. The molecule has 3 aromatic rings. The Morgan fingerprint density at radius 1 is 1.06 bits per heavy atom. The largest absolute Gasteiger partial charge is 0.598 e. The number of aromatic nitrogens is 2. The molecule has 1 aliphatic rings. The van der Waals surface area contributed by atoms with Crippen LogP contribution in [0.4, 0.5) is 10.1 Å². The molecule has 1 saturated heterocycles. The topological polar surface area (TPSA) is 82.9 Å². The summed E-state index contributed by atoms with van der Waals surface area (Å²) in [5.41, 5.74) is 1.44. The number of hydrogen-bond donors (Lipinski definition) is 0. The van der Waals surface area contributed by atoms with Gasteiger partial charge in [0.1, 0.15) is 18.1 Å². The molecule has 0 N–H and O–H groups in total. The van der Waals surface area contributed by atoms with Gasteiger partial charge in [-0.3, -0.25) is 4.79 Å². The Labute approximate surface area is 207 Å². The summed E-state index contributed by atoms with van der Waals surface area (Å²) < 4.78 is 40.9. The van der Waals surface area contributed by atoms with Crippen LogP contribution in [0.25, 0.3) is 5.69 Å². The smallest absolute Gasteiger partial charge is 0.316 e. The Balaban J connectivity index is 1.51. The van der Waals surface area contributed by atoms with E-state index in [1.165, 1.54) is 18.2 Å². The van der Waals surface area contributed by atoms with Gasteiger partial charge in [0.2, 0.25) is 5.75 Å². The van der Waals surface area contributed by atoms with E-state index in [1.54, 1.807) is 12.3 Å². The average Bonchev–Trinajstić information content (AvgIpc) is 2.88. The zero-order chi connectivity index (χ0) is 24.6. The van der Waals surface area contributed by atoms with Gasteiger partial charge in [-0.1, -0.05) is 36.4 Å². The molecule has 1 unspecified atom stereocenters. The average molecular weight is 501 g/mol. The van der Waals surface area contributed by atoms with Crippen molar-refractivity contribution in [3.05, 3.63) is 82.5 Å². The summed E-state index contributed by atoms with van der Waals surface area (Å²) in [7, 11) is 0. The number of nitrogens with zero attached hydrogens (tertiary/aromatic N) is 4. The van der Waals surface area contributed by atoms with E-state index >= 15 is 0 Å². The number of hydrogen-bond acceptors (Lipinski definition) is 7. The van der Waals surface area contributed by atoms with Gasteiger partial charge in [0.15, 0.2) is 5.75 Å². The van der Waals surface area contributed by atoms with E-state index in [0.29, 0.717) is 56.5 Å². The second-order valence-corrected chi connectivity index (χ2v) is 9.42. The van der Waals surface area contributed by atoms with Crippen molar-refractivity contribution in [2.75, 3.05) is 50.9 Å². The van der Waals surface area contributed by atoms with E-state index in [-0.39, 0.29) is 12.4 Å². The molecule has 186 valence electrons. The third-order valence-corrected chi connectivity index (χ3v) is 7.17. The van der Waals surface area contributed by atoms with Crippen molar-refractivity contribution in [2.45, 2.75) is 12.7 Å². The van der Waals surface area contributed by atoms with Crippen LogP contribution in [0.5, 0.6) is 5.75 Å². The fraction of sp³-hybridized carbons (Fsp3) is 0.360. The Hall–Kier alpha value is -2.92. The number of halogens is 1. The summed E-state index contributed by atoms with van der Waals surface area (Å²) in [5.74, 6) is 0.152. The first-order chi connectivity index (χ1) is 17.1. The first-order valence-corrected chi connectivity index (χ1v) is 12.9. The lowest BCUT2D eigenvalue weighted by Crippen LogP contribution is -2.49. The normalized spacial score (nSPS) is 15.2. The van der Waals surface area contributed by atoms with Crippen LogP contribution in [-0.2, 0) is 21.9 Å². The highest BCUT2D eigenvalue weighted by Crippen LogP contribution is 2.26. The minimum atomic E-state index is -1.13. The zero-order valence-corrected chi connectivity index (χ0v) is 20.5. The molecule has 1 aliphatic heterocycles. The van der Waals surface area contributed by atoms with Gasteiger partial charge < -0.3 is 18.9 Å². The Morgan fingerprint density at radius 2 is 1.83 bits per heavy atom. The molecule has 2 heterocycles. The number of benzene rings is 2. The lowest BCUT2D eigenvalue weighted by atomic mass is 10.2. The van der Waals surface area contributed by atoms with Gasteiger partial charge in [0.05, 0.1) is 31.6 Å². The van der Waals surface area contributed by atoms with Gasteiger partial charge in [0.25, 0.3) is 0 Å². The highest BCUT2D eigenvalue weighted by molar-refractivity contribution is 7.88. The molecular formula is C25H29FN4O4S. The van der Waals surface area contributed by atoms with Crippen LogP contribution in [0.3, 0.4) is 0 Å². The molecule has 1 atom stereocenters. The minimum Gasteiger partial charge on any atom is -0.598 e. The summed E-state index contributed by atoms with van der Waals surface area (Å²) in [6, 6.07) is 15.5. The van der Waals surface area contributed by atoms with Gasteiger partial charge in [-0.25, -0.2) is 4.39 Å². The van der Waals surface area contributed by atoms with Crippen LogP contribution in [0, 0.1) is 5.82 Å². The molecule has 35 heavy (non-hydrogen) atoms. The molecule has 0 saturated carbocycles. The van der Waals surface area contributed by atoms with E-state index < -0.39 is 22.7 Å². The molecule has 0 radical (unpaired) electrons. The van der Waals surface area contributed by atoms with Crippen LogP contribution in [0.2, 0.25) is 0 Å². The van der Waals surface area contributed by atoms with Crippen molar-refractivity contribution < 1.29 is 18.4 Å². The monoisotopic (exact) mass is 500 g/mol. The van der Waals surface area contributed by atoms with Gasteiger partial charge in [0, 0.05) is 36.6 Å². The van der Waals surface area contributed by atoms with Crippen LogP contribution < -0.4 is 15.2 Å². The number of anilines is 1. The van der Waals surface area contributed by atoms with Gasteiger partial charge in [-0.05, 0) is 25.1 Å². The third-order valence-electron chi connectivity index (χ3n) is 5.65. The van der Waals surface area contributed by atoms with Crippen LogP contribution >= 0.6 is 0 Å². The van der Waals surface area contributed by atoms with Crippen molar-refractivity contribution in [3.63, 3.8) is 0 Å². The van der Waals surface area contributed by atoms with Crippen molar-refractivity contribution >= 4 is 17.0 Å². The maximum Gasteiger partial charge on any atom is 0.316 e. The zero-order valence-electron chi connectivity index (χ0n) is 19.6. The molecule has 0 bridgehead atoms. The maximum atomic E-state index is 13.8. The summed E-state index contributed by atoms with van der Waals surface area (Å²) >= 11 is -1.13. The van der Waals surface area contributed by atoms with Gasteiger partial charge in [-0.15, -0.1) is 4.31 Å². The van der Waals surface area contributed by atoms with Crippen molar-refractivity contribution in [1.29, 1.82) is 0 Å². The standard InChI is InChI=1S/C25H29FN4O4S/c1-2-33-15-16-34-24-23(18-27-30(25(24)31)22-10-6-9-21(26)17-22)28-11-13-29(14-12-28)35(32)19-20-7-4-3-5-8-20/h3-10,17-18H,2,11-16,19H2,1H3. The van der Waals surface area contributed by atoms with Gasteiger partial charge >= 0.3 is 5.56 Å². The predicted octanol–water partition coefficient (Wildman–Crippen LogP) is 2.77. The van der Waals surface area contributed by atoms with E-state index in [9.17, 15) is 13.7 Å².